The zero-order chi connectivity index (χ0) is 17.2. The molecule has 23 heavy (non-hydrogen) atoms. The summed E-state index contributed by atoms with van der Waals surface area (Å²) in [7, 11) is -0.644. The highest BCUT2D eigenvalue weighted by Crippen LogP contribution is 2.36. The van der Waals surface area contributed by atoms with E-state index in [2.05, 4.69) is 0 Å². The predicted molar refractivity (Wildman–Crippen MR) is 86.5 cm³/mol. The molecule has 2 unspecified atom stereocenters. The molecule has 0 bridgehead atoms. The number of hydrogen-bond acceptors (Lipinski definition) is 5. The van der Waals surface area contributed by atoms with Crippen molar-refractivity contribution in [3.8, 4) is 5.75 Å². The SMILES string of the molecule is COc1ccc(COC2CC2C(=O)N(C)S(=O)(=O)C(C)C)cc1. The molecule has 0 N–H and O–H groups in total. The van der Waals surface area contributed by atoms with E-state index in [1.165, 1.54) is 7.05 Å². The van der Waals surface area contributed by atoms with Crippen LogP contribution in [0.5, 0.6) is 5.75 Å². The van der Waals surface area contributed by atoms with Crippen LogP contribution in [0.3, 0.4) is 0 Å². The van der Waals surface area contributed by atoms with Gasteiger partial charge in [0.05, 0.1) is 31.0 Å². The summed E-state index contributed by atoms with van der Waals surface area (Å²) in [6.45, 7) is 3.51. The topological polar surface area (TPSA) is 72.9 Å². The van der Waals surface area contributed by atoms with Gasteiger partial charge in [-0.2, -0.15) is 0 Å². The van der Waals surface area contributed by atoms with E-state index >= 15 is 0 Å². The van der Waals surface area contributed by atoms with Crippen LogP contribution in [-0.2, 0) is 26.2 Å². The minimum Gasteiger partial charge on any atom is -0.497 e. The van der Waals surface area contributed by atoms with Crippen LogP contribution in [0.2, 0.25) is 0 Å². The summed E-state index contributed by atoms with van der Waals surface area (Å²) >= 11 is 0. The number of ether oxygens (including phenoxy) is 2. The van der Waals surface area contributed by atoms with Gasteiger partial charge >= 0.3 is 0 Å². The largest absolute Gasteiger partial charge is 0.497 e. The lowest BCUT2D eigenvalue weighted by molar-refractivity contribution is -0.128. The number of rotatable bonds is 7. The van der Waals surface area contributed by atoms with Gasteiger partial charge in [-0.25, -0.2) is 12.7 Å². The van der Waals surface area contributed by atoms with E-state index in [0.717, 1.165) is 15.6 Å². The quantitative estimate of drug-likeness (QED) is 0.756. The number of hydrogen-bond donors (Lipinski definition) is 0. The van der Waals surface area contributed by atoms with Crippen LogP contribution >= 0.6 is 0 Å². The van der Waals surface area contributed by atoms with E-state index in [1.54, 1.807) is 21.0 Å². The molecule has 1 aliphatic rings. The van der Waals surface area contributed by atoms with Gasteiger partial charge in [-0.3, -0.25) is 4.79 Å². The highest BCUT2D eigenvalue weighted by molar-refractivity contribution is 7.90. The van der Waals surface area contributed by atoms with Crippen molar-refractivity contribution in [3.63, 3.8) is 0 Å². The lowest BCUT2D eigenvalue weighted by atomic mass is 10.2. The maximum absolute atomic E-state index is 12.2. The Morgan fingerprint density at radius 2 is 1.91 bits per heavy atom. The molecule has 128 valence electrons. The molecular formula is C16H23NO5S. The van der Waals surface area contributed by atoms with Gasteiger partial charge in [-0.05, 0) is 38.0 Å². The van der Waals surface area contributed by atoms with Crippen LogP contribution in [0, 0.1) is 5.92 Å². The van der Waals surface area contributed by atoms with Gasteiger partial charge in [-0.15, -0.1) is 0 Å². The molecule has 0 aliphatic heterocycles. The number of carbonyl (C=O) groups excluding carboxylic acids is 1. The third kappa shape index (κ3) is 4.03. The van der Waals surface area contributed by atoms with E-state index in [-0.39, 0.29) is 12.0 Å². The highest BCUT2D eigenvalue weighted by atomic mass is 32.2. The Labute approximate surface area is 137 Å². The van der Waals surface area contributed by atoms with Gasteiger partial charge in [0.1, 0.15) is 5.75 Å². The fourth-order valence-electron chi connectivity index (χ4n) is 2.22. The van der Waals surface area contributed by atoms with Crippen molar-refractivity contribution in [1.82, 2.24) is 4.31 Å². The van der Waals surface area contributed by atoms with Gasteiger partial charge in [-0.1, -0.05) is 12.1 Å². The summed E-state index contributed by atoms with van der Waals surface area (Å²) in [4.78, 5) is 12.2. The Kier molecular flexibility index (Phi) is 5.31. The van der Waals surface area contributed by atoms with Crippen molar-refractivity contribution < 1.29 is 22.7 Å². The average molecular weight is 341 g/mol. The van der Waals surface area contributed by atoms with Gasteiger partial charge in [0.25, 0.3) is 0 Å². The number of sulfonamides is 1. The standard InChI is InChI=1S/C16H23NO5S/c1-11(2)23(19,20)17(3)16(18)14-9-15(14)22-10-12-5-7-13(21-4)8-6-12/h5-8,11,14-15H,9-10H2,1-4H3. The minimum absolute atomic E-state index is 0.214. The fourth-order valence-corrected chi connectivity index (χ4v) is 3.23. The zero-order valence-corrected chi connectivity index (χ0v) is 14.7. The zero-order valence-electron chi connectivity index (χ0n) is 13.9. The molecule has 2 atom stereocenters. The molecular weight excluding hydrogens is 318 g/mol. The molecule has 6 nitrogen and oxygen atoms in total. The predicted octanol–water partition coefficient (Wildman–Crippen LogP) is 1.80. The van der Waals surface area contributed by atoms with Crippen LogP contribution in [0.1, 0.15) is 25.8 Å². The van der Waals surface area contributed by atoms with Crippen molar-refractivity contribution in [2.45, 2.75) is 38.2 Å². The van der Waals surface area contributed by atoms with E-state index in [0.29, 0.717) is 13.0 Å². The molecule has 7 heteroatoms. The number of amides is 1. The maximum Gasteiger partial charge on any atom is 0.241 e. The average Bonchev–Trinajstić information content (AvgIpc) is 3.31. The van der Waals surface area contributed by atoms with Crippen molar-refractivity contribution >= 4 is 15.9 Å². The molecule has 1 aromatic carbocycles. The lowest BCUT2D eigenvalue weighted by Crippen LogP contribution is -2.39. The maximum atomic E-state index is 12.2. The van der Waals surface area contributed by atoms with E-state index in [4.69, 9.17) is 9.47 Å². The second-order valence-corrected chi connectivity index (χ2v) is 8.46. The Morgan fingerprint density at radius 3 is 2.43 bits per heavy atom. The third-order valence-electron chi connectivity index (χ3n) is 3.96. The van der Waals surface area contributed by atoms with Crippen LogP contribution in [0.4, 0.5) is 0 Å². The molecule has 0 saturated heterocycles. The van der Waals surface area contributed by atoms with Gasteiger partial charge in [0, 0.05) is 7.05 Å². The van der Waals surface area contributed by atoms with E-state index in [9.17, 15) is 13.2 Å². The van der Waals surface area contributed by atoms with Gasteiger partial charge < -0.3 is 9.47 Å². The summed E-state index contributed by atoms with van der Waals surface area (Å²) in [5.41, 5.74) is 0.979. The lowest BCUT2D eigenvalue weighted by Gasteiger charge is -2.20. The molecule has 0 heterocycles. The molecule has 1 aliphatic carbocycles. The molecule has 1 saturated carbocycles. The monoisotopic (exact) mass is 341 g/mol. The number of carbonyl (C=O) groups is 1. The molecule has 0 spiro atoms. The summed E-state index contributed by atoms with van der Waals surface area (Å²) in [6, 6.07) is 7.48. The number of nitrogens with zero attached hydrogens (tertiary/aromatic N) is 1. The van der Waals surface area contributed by atoms with Crippen molar-refractivity contribution in [1.29, 1.82) is 0 Å². The summed E-state index contributed by atoms with van der Waals surface area (Å²) in [5, 5.41) is -0.617. The van der Waals surface area contributed by atoms with Crippen LogP contribution in [-0.4, -0.2) is 44.1 Å². The minimum atomic E-state index is -3.57. The van der Waals surface area contributed by atoms with Gasteiger partial charge in [0.15, 0.2) is 0 Å². The molecule has 2 rings (SSSR count). The van der Waals surface area contributed by atoms with E-state index < -0.39 is 21.2 Å². The first kappa shape index (κ1) is 17.7. The first-order valence-corrected chi connectivity index (χ1v) is 9.03. The number of benzene rings is 1. The summed E-state index contributed by atoms with van der Waals surface area (Å²) in [5.74, 6) is 0.0129. The molecule has 1 amide bonds. The second-order valence-electron chi connectivity index (χ2n) is 5.94. The molecule has 0 aromatic heterocycles. The first-order valence-electron chi connectivity index (χ1n) is 7.53. The molecule has 1 aromatic rings. The normalized spacial score (nSPS) is 20.4. The van der Waals surface area contributed by atoms with Crippen LogP contribution in [0.15, 0.2) is 24.3 Å². The Hall–Kier alpha value is -1.60. The van der Waals surface area contributed by atoms with Crippen LogP contribution in [0.25, 0.3) is 0 Å². The number of methoxy groups -OCH3 is 1. The first-order chi connectivity index (χ1) is 10.8. The Morgan fingerprint density at radius 1 is 1.30 bits per heavy atom. The van der Waals surface area contributed by atoms with Crippen molar-refractivity contribution in [2.75, 3.05) is 14.2 Å². The van der Waals surface area contributed by atoms with Crippen molar-refractivity contribution in [3.05, 3.63) is 29.8 Å². The van der Waals surface area contributed by atoms with Gasteiger partial charge in [0.2, 0.25) is 15.9 Å². The highest BCUT2D eigenvalue weighted by Gasteiger charge is 2.47. The van der Waals surface area contributed by atoms with Crippen LogP contribution < -0.4 is 4.74 Å². The fraction of sp³-hybridized carbons (Fsp3) is 0.562. The van der Waals surface area contributed by atoms with Crippen molar-refractivity contribution in [2.24, 2.45) is 5.92 Å². The molecule has 1 fully saturated rings. The Bertz CT molecular complexity index is 654. The second kappa shape index (κ2) is 6.88. The van der Waals surface area contributed by atoms with E-state index in [1.807, 2.05) is 24.3 Å². The molecule has 0 radical (unpaired) electrons. The summed E-state index contributed by atoms with van der Waals surface area (Å²) in [6.07, 6.45) is 0.349. The smallest absolute Gasteiger partial charge is 0.241 e. The summed E-state index contributed by atoms with van der Waals surface area (Å²) < 4.78 is 35.6. The Balaban J connectivity index is 1.86. The third-order valence-corrected chi connectivity index (χ3v) is 6.09.